The lowest BCUT2D eigenvalue weighted by molar-refractivity contribution is -0.307. The van der Waals surface area contributed by atoms with Crippen molar-refractivity contribution in [2.75, 3.05) is 6.61 Å². The Balaban J connectivity index is 2.73. The van der Waals surface area contributed by atoms with Gasteiger partial charge in [0, 0.05) is 6.04 Å². The van der Waals surface area contributed by atoms with E-state index in [1.807, 2.05) is 5.43 Å². The fraction of sp³-hybridized carbons (Fsp3) is 0.286. The molecule has 0 aliphatic carbocycles. The smallest absolute Gasteiger partial charge is 0.329 e. The maximum atomic E-state index is 11.4. The number of benzene rings is 1. The Morgan fingerprint density at radius 2 is 1.83 bits per heavy atom. The fourth-order valence-corrected chi connectivity index (χ4v) is 2.08. The van der Waals surface area contributed by atoms with Crippen molar-refractivity contribution in [1.82, 2.24) is 10.7 Å². The minimum atomic E-state index is -1.42. The van der Waals surface area contributed by atoms with Crippen LogP contribution in [-0.4, -0.2) is 36.6 Å². The molecular weight excluding hydrogens is 361 g/mol. The monoisotopic (exact) mass is 374 g/mol. The van der Waals surface area contributed by atoms with Gasteiger partial charge in [0.25, 0.3) is 0 Å². The maximum Gasteiger partial charge on any atom is 0.329 e. The number of halogens is 2. The summed E-state index contributed by atoms with van der Waals surface area (Å²) in [5.74, 6) is -3.18. The molecule has 0 heterocycles. The van der Waals surface area contributed by atoms with Crippen molar-refractivity contribution in [3.8, 4) is 5.75 Å². The minimum Gasteiger partial charge on any atom is -0.546 e. The molecule has 0 aliphatic rings. The van der Waals surface area contributed by atoms with Gasteiger partial charge in [0.05, 0.1) is 22.2 Å². The molecule has 1 aromatic rings. The van der Waals surface area contributed by atoms with E-state index in [2.05, 4.69) is 10.4 Å². The molecule has 1 aromatic carbocycles. The quantitative estimate of drug-likeness (QED) is 0.415. The standard InChI is InChI=1S/C14H15Cl2N3O5/c1-7(2)18-13(22)14(23)19-17-5-8-3-9(15)12(10(16)4-8)24-6-11(20)21/h3-5,7H,6H2,1-2H3,(H,18,22)(H,19,23)(H,20,21)/p-1/b17-5-. The van der Waals surface area contributed by atoms with E-state index in [0.29, 0.717) is 5.56 Å². The zero-order valence-electron chi connectivity index (χ0n) is 12.8. The van der Waals surface area contributed by atoms with Crippen LogP contribution in [-0.2, 0) is 14.4 Å². The second kappa shape index (κ2) is 9.09. The van der Waals surface area contributed by atoms with Crippen LogP contribution in [0.25, 0.3) is 0 Å². The molecule has 2 N–H and O–H groups in total. The molecular formula is C14H14Cl2N3O5-. The van der Waals surface area contributed by atoms with E-state index in [4.69, 9.17) is 27.9 Å². The number of rotatable bonds is 6. The topological polar surface area (TPSA) is 120 Å². The van der Waals surface area contributed by atoms with Gasteiger partial charge >= 0.3 is 11.8 Å². The predicted octanol–water partition coefficient (Wildman–Crippen LogP) is 0.0968. The number of hydrazone groups is 1. The largest absolute Gasteiger partial charge is 0.546 e. The number of hydrogen-bond acceptors (Lipinski definition) is 6. The van der Waals surface area contributed by atoms with Gasteiger partial charge < -0.3 is 20.0 Å². The average molecular weight is 375 g/mol. The number of aliphatic carboxylic acids is 1. The molecule has 0 saturated carbocycles. The van der Waals surface area contributed by atoms with E-state index in [-0.39, 0.29) is 21.8 Å². The van der Waals surface area contributed by atoms with Gasteiger partial charge in [-0.1, -0.05) is 23.2 Å². The fourth-order valence-electron chi connectivity index (χ4n) is 1.47. The summed E-state index contributed by atoms with van der Waals surface area (Å²) in [5.41, 5.74) is 2.44. The highest BCUT2D eigenvalue weighted by Gasteiger charge is 2.13. The first kappa shape index (κ1) is 19.7. The minimum absolute atomic E-state index is 0.0139. The number of nitrogens with one attached hydrogen (secondary N) is 2. The zero-order chi connectivity index (χ0) is 18.3. The van der Waals surface area contributed by atoms with Crippen LogP contribution in [0, 0.1) is 0 Å². The number of amides is 2. The lowest BCUT2D eigenvalue weighted by Gasteiger charge is -2.11. The lowest BCUT2D eigenvalue weighted by Crippen LogP contribution is -2.41. The van der Waals surface area contributed by atoms with Crippen LogP contribution in [0.4, 0.5) is 0 Å². The van der Waals surface area contributed by atoms with Crippen LogP contribution in [0.1, 0.15) is 19.4 Å². The van der Waals surface area contributed by atoms with Gasteiger partial charge in [-0.15, -0.1) is 0 Å². The maximum absolute atomic E-state index is 11.4. The molecule has 0 spiro atoms. The van der Waals surface area contributed by atoms with Crippen molar-refractivity contribution < 1.29 is 24.2 Å². The number of carbonyl (C=O) groups excluding carboxylic acids is 3. The van der Waals surface area contributed by atoms with E-state index in [1.165, 1.54) is 18.3 Å². The number of carboxylic acid groups (broad SMARTS) is 1. The number of nitrogens with zero attached hydrogens (tertiary/aromatic N) is 1. The van der Waals surface area contributed by atoms with Crippen LogP contribution in [0.3, 0.4) is 0 Å². The first-order chi connectivity index (χ1) is 11.2. The molecule has 1 rings (SSSR count). The molecule has 0 atom stereocenters. The third-order valence-corrected chi connectivity index (χ3v) is 2.92. The van der Waals surface area contributed by atoms with Gasteiger partial charge in [0.1, 0.15) is 6.61 Å². The molecule has 0 fully saturated rings. The summed E-state index contributed by atoms with van der Waals surface area (Å²) in [5, 5.41) is 16.5. The van der Waals surface area contributed by atoms with E-state index < -0.39 is 24.4 Å². The first-order valence-corrected chi connectivity index (χ1v) is 7.42. The highest BCUT2D eigenvalue weighted by Crippen LogP contribution is 2.33. The van der Waals surface area contributed by atoms with Crippen LogP contribution in [0.15, 0.2) is 17.2 Å². The van der Waals surface area contributed by atoms with Crippen LogP contribution >= 0.6 is 23.2 Å². The highest BCUT2D eigenvalue weighted by molar-refractivity contribution is 6.37. The summed E-state index contributed by atoms with van der Waals surface area (Å²) in [7, 11) is 0. The van der Waals surface area contributed by atoms with Crippen molar-refractivity contribution in [1.29, 1.82) is 0 Å². The number of carboxylic acids is 1. The van der Waals surface area contributed by atoms with Gasteiger partial charge in [-0.05, 0) is 31.5 Å². The summed E-state index contributed by atoms with van der Waals surface area (Å²) in [6, 6.07) is 2.60. The van der Waals surface area contributed by atoms with Crippen molar-refractivity contribution >= 4 is 47.2 Å². The van der Waals surface area contributed by atoms with Crippen molar-refractivity contribution in [2.24, 2.45) is 5.10 Å². The second-order valence-corrected chi connectivity index (χ2v) is 5.62. The SMILES string of the molecule is CC(C)NC(=O)C(=O)N/N=C\c1cc(Cl)c(OCC(=O)[O-])c(Cl)c1. The van der Waals surface area contributed by atoms with E-state index in [0.717, 1.165) is 0 Å². The Bertz CT molecular complexity index is 653. The van der Waals surface area contributed by atoms with Crippen LogP contribution in [0.2, 0.25) is 10.0 Å². The van der Waals surface area contributed by atoms with Crippen molar-refractivity contribution in [3.63, 3.8) is 0 Å². The number of ether oxygens (including phenoxy) is 1. The van der Waals surface area contributed by atoms with Crippen molar-refractivity contribution in [3.05, 3.63) is 27.7 Å². The molecule has 0 unspecified atom stereocenters. The highest BCUT2D eigenvalue weighted by atomic mass is 35.5. The molecule has 8 nitrogen and oxygen atoms in total. The Morgan fingerprint density at radius 1 is 1.25 bits per heavy atom. The third kappa shape index (κ3) is 6.43. The molecule has 0 bridgehead atoms. The number of hydrogen-bond donors (Lipinski definition) is 2. The summed E-state index contributed by atoms with van der Waals surface area (Å²) in [4.78, 5) is 33.2. The van der Waals surface area contributed by atoms with E-state index >= 15 is 0 Å². The van der Waals surface area contributed by atoms with Gasteiger partial charge in [0.2, 0.25) is 0 Å². The van der Waals surface area contributed by atoms with E-state index in [1.54, 1.807) is 13.8 Å². The summed E-state index contributed by atoms with van der Waals surface area (Å²) >= 11 is 11.9. The van der Waals surface area contributed by atoms with Crippen molar-refractivity contribution in [2.45, 2.75) is 19.9 Å². The predicted molar refractivity (Wildman–Crippen MR) is 86.0 cm³/mol. The van der Waals surface area contributed by atoms with Gasteiger partial charge in [-0.2, -0.15) is 5.10 Å². The summed E-state index contributed by atoms with van der Waals surface area (Å²) in [6.07, 6.45) is 1.21. The molecule has 0 aromatic heterocycles. The Hall–Kier alpha value is -2.32. The Labute approximate surface area is 147 Å². The molecule has 10 heteroatoms. The molecule has 130 valence electrons. The molecule has 0 radical (unpaired) electrons. The molecule has 0 saturated heterocycles. The lowest BCUT2D eigenvalue weighted by atomic mass is 10.2. The van der Waals surface area contributed by atoms with Crippen LogP contribution < -0.4 is 20.6 Å². The third-order valence-electron chi connectivity index (χ3n) is 2.36. The zero-order valence-corrected chi connectivity index (χ0v) is 14.3. The Kier molecular flexibility index (Phi) is 7.47. The average Bonchev–Trinajstić information content (AvgIpc) is 2.45. The van der Waals surface area contributed by atoms with Gasteiger partial charge in [-0.3, -0.25) is 9.59 Å². The molecule has 0 aliphatic heterocycles. The van der Waals surface area contributed by atoms with Gasteiger partial charge in [-0.25, -0.2) is 5.43 Å². The first-order valence-electron chi connectivity index (χ1n) is 6.66. The summed E-state index contributed by atoms with van der Waals surface area (Å²) < 4.78 is 4.90. The second-order valence-electron chi connectivity index (χ2n) is 4.80. The van der Waals surface area contributed by atoms with E-state index in [9.17, 15) is 19.5 Å². The normalized spacial score (nSPS) is 10.7. The summed E-state index contributed by atoms with van der Waals surface area (Å²) in [6.45, 7) is 2.72. The van der Waals surface area contributed by atoms with Gasteiger partial charge in [0.15, 0.2) is 5.75 Å². The number of carbonyl (C=O) groups is 3. The Morgan fingerprint density at radius 3 is 2.33 bits per heavy atom. The molecule has 24 heavy (non-hydrogen) atoms. The molecule has 2 amide bonds. The van der Waals surface area contributed by atoms with Crippen LogP contribution in [0.5, 0.6) is 5.75 Å².